The quantitative estimate of drug-likeness (QED) is 0.882. The van der Waals surface area contributed by atoms with Gasteiger partial charge in [0.2, 0.25) is 0 Å². The van der Waals surface area contributed by atoms with Gasteiger partial charge >= 0.3 is 0 Å². The third kappa shape index (κ3) is 3.68. The van der Waals surface area contributed by atoms with Gasteiger partial charge < -0.3 is 10.1 Å². The highest BCUT2D eigenvalue weighted by Crippen LogP contribution is 2.28. The van der Waals surface area contributed by atoms with E-state index in [9.17, 15) is 0 Å². The van der Waals surface area contributed by atoms with Crippen LogP contribution in [0.1, 0.15) is 32.8 Å². The van der Waals surface area contributed by atoms with Crippen molar-refractivity contribution in [3.8, 4) is 17.0 Å². The van der Waals surface area contributed by atoms with Crippen molar-refractivity contribution in [2.24, 2.45) is 0 Å². The summed E-state index contributed by atoms with van der Waals surface area (Å²) in [5, 5.41) is 3.13. The molecule has 0 atom stereocenters. The van der Waals surface area contributed by atoms with Crippen molar-refractivity contribution >= 4 is 5.82 Å². The molecule has 2 aromatic heterocycles. The van der Waals surface area contributed by atoms with Crippen LogP contribution in [-0.4, -0.2) is 28.1 Å². The van der Waals surface area contributed by atoms with Gasteiger partial charge in [-0.15, -0.1) is 0 Å². The predicted octanol–water partition coefficient (Wildman–Crippen LogP) is 3.32. The van der Waals surface area contributed by atoms with E-state index in [1.165, 1.54) is 0 Å². The summed E-state index contributed by atoms with van der Waals surface area (Å²) in [7, 11) is 1.88. The van der Waals surface area contributed by atoms with E-state index in [1.54, 1.807) is 12.5 Å². The summed E-state index contributed by atoms with van der Waals surface area (Å²) in [5.41, 5.74) is 2.99. The number of anilines is 1. The molecule has 0 unspecified atom stereocenters. The molecule has 0 aromatic carbocycles. The van der Waals surface area contributed by atoms with E-state index in [1.807, 2.05) is 33.2 Å². The number of hydrogen-bond donors (Lipinski definition) is 1. The lowest BCUT2D eigenvalue weighted by molar-refractivity contribution is 0.241. The Bertz CT molecular complexity index is 599. The monoisotopic (exact) mass is 286 g/mol. The SMILES string of the molecule is CCCc1c(NC)ncnc1-c1cncc(OC(C)C)c1. The van der Waals surface area contributed by atoms with Crippen LogP contribution in [0.2, 0.25) is 0 Å². The Morgan fingerprint density at radius 3 is 2.71 bits per heavy atom. The zero-order chi connectivity index (χ0) is 15.2. The molecule has 112 valence electrons. The lowest BCUT2D eigenvalue weighted by atomic mass is 10.0. The molecular weight excluding hydrogens is 264 g/mol. The summed E-state index contributed by atoms with van der Waals surface area (Å²) >= 11 is 0. The van der Waals surface area contributed by atoms with E-state index in [4.69, 9.17) is 4.74 Å². The average molecular weight is 286 g/mol. The van der Waals surface area contributed by atoms with Gasteiger partial charge in [0.25, 0.3) is 0 Å². The molecule has 0 aliphatic heterocycles. The summed E-state index contributed by atoms with van der Waals surface area (Å²) in [6, 6.07) is 1.98. The summed E-state index contributed by atoms with van der Waals surface area (Å²) in [5.74, 6) is 1.63. The van der Waals surface area contributed by atoms with Crippen LogP contribution in [0.5, 0.6) is 5.75 Å². The Morgan fingerprint density at radius 1 is 1.24 bits per heavy atom. The number of hydrogen-bond acceptors (Lipinski definition) is 5. The maximum Gasteiger partial charge on any atom is 0.138 e. The Morgan fingerprint density at radius 2 is 2.05 bits per heavy atom. The standard InChI is InChI=1S/C16H22N4O/c1-5-6-14-15(19-10-20-16(14)17-4)12-7-13(9-18-8-12)21-11(2)3/h7-11H,5-6H2,1-4H3,(H,17,19,20). The molecule has 0 amide bonds. The summed E-state index contributed by atoms with van der Waals surface area (Å²) in [4.78, 5) is 13.0. The van der Waals surface area contributed by atoms with Crippen molar-refractivity contribution in [3.05, 3.63) is 30.4 Å². The minimum atomic E-state index is 0.121. The fraction of sp³-hybridized carbons (Fsp3) is 0.438. The highest BCUT2D eigenvalue weighted by molar-refractivity contribution is 5.68. The van der Waals surface area contributed by atoms with Crippen molar-refractivity contribution in [3.63, 3.8) is 0 Å². The molecule has 1 N–H and O–H groups in total. The number of nitrogens with one attached hydrogen (secondary N) is 1. The highest BCUT2D eigenvalue weighted by atomic mass is 16.5. The van der Waals surface area contributed by atoms with Crippen molar-refractivity contribution < 1.29 is 4.74 Å². The van der Waals surface area contributed by atoms with Crippen LogP contribution in [0.4, 0.5) is 5.82 Å². The highest BCUT2D eigenvalue weighted by Gasteiger charge is 2.13. The smallest absolute Gasteiger partial charge is 0.138 e. The van der Waals surface area contributed by atoms with Crippen LogP contribution in [0.15, 0.2) is 24.8 Å². The molecule has 0 radical (unpaired) electrons. The van der Waals surface area contributed by atoms with Crippen LogP contribution >= 0.6 is 0 Å². The van der Waals surface area contributed by atoms with Gasteiger partial charge in [0.05, 0.1) is 18.0 Å². The van der Waals surface area contributed by atoms with Gasteiger partial charge in [-0.3, -0.25) is 4.98 Å². The molecule has 2 heterocycles. The van der Waals surface area contributed by atoms with Crippen molar-refractivity contribution in [2.75, 3.05) is 12.4 Å². The molecule has 0 saturated carbocycles. The zero-order valence-electron chi connectivity index (χ0n) is 13.1. The number of ether oxygens (including phenoxy) is 1. The molecule has 21 heavy (non-hydrogen) atoms. The van der Waals surface area contributed by atoms with Crippen LogP contribution in [0, 0.1) is 0 Å². The minimum Gasteiger partial charge on any atom is -0.489 e. The molecule has 0 bridgehead atoms. The first-order valence-corrected chi connectivity index (χ1v) is 7.29. The fourth-order valence-corrected chi connectivity index (χ4v) is 2.25. The topological polar surface area (TPSA) is 59.9 Å². The van der Waals surface area contributed by atoms with Gasteiger partial charge in [-0.05, 0) is 26.3 Å². The lowest BCUT2D eigenvalue weighted by Crippen LogP contribution is -2.06. The molecule has 0 spiro atoms. The lowest BCUT2D eigenvalue weighted by Gasteiger charge is -2.14. The van der Waals surface area contributed by atoms with Gasteiger partial charge in [-0.2, -0.15) is 0 Å². The third-order valence-electron chi connectivity index (χ3n) is 3.04. The average Bonchev–Trinajstić information content (AvgIpc) is 2.47. The van der Waals surface area contributed by atoms with E-state index in [-0.39, 0.29) is 6.10 Å². The molecule has 2 rings (SSSR count). The van der Waals surface area contributed by atoms with Crippen molar-refractivity contribution in [2.45, 2.75) is 39.7 Å². The number of rotatable bonds is 6. The Balaban J connectivity index is 2.45. The molecule has 0 fully saturated rings. The van der Waals surface area contributed by atoms with Gasteiger partial charge in [-0.25, -0.2) is 9.97 Å². The van der Waals surface area contributed by atoms with Crippen molar-refractivity contribution in [1.82, 2.24) is 15.0 Å². The van der Waals surface area contributed by atoms with E-state index < -0.39 is 0 Å². The van der Waals surface area contributed by atoms with E-state index in [0.29, 0.717) is 0 Å². The van der Waals surface area contributed by atoms with E-state index in [0.717, 1.165) is 41.2 Å². The second-order valence-corrected chi connectivity index (χ2v) is 5.13. The first-order valence-electron chi connectivity index (χ1n) is 7.29. The Labute approximate surface area is 125 Å². The number of aromatic nitrogens is 3. The fourth-order valence-electron chi connectivity index (χ4n) is 2.25. The summed E-state index contributed by atoms with van der Waals surface area (Å²) in [6.45, 7) is 6.14. The molecule has 0 aliphatic rings. The molecule has 2 aromatic rings. The summed E-state index contributed by atoms with van der Waals surface area (Å²) in [6.07, 6.45) is 7.19. The van der Waals surface area contributed by atoms with E-state index >= 15 is 0 Å². The molecule has 0 aliphatic carbocycles. The van der Waals surface area contributed by atoms with Crippen LogP contribution < -0.4 is 10.1 Å². The maximum atomic E-state index is 5.71. The molecule has 0 saturated heterocycles. The zero-order valence-corrected chi connectivity index (χ0v) is 13.1. The molecule has 5 heteroatoms. The van der Waals surface area contributed by atoms with Gasteiger partial charge in [0.15, 0.2) is 0 Å². The summed E-state index contributed by atoms with van der Waals surface area (Å²) < 4.78 is 5.71. The predicted molar refractivity (Wildman–Crippen MR) is 84.6 cm³/mol. The number of nitrogens with zero attached hydrogens (tertiary/aromatic N) is 3. The minimum absolute atomic E-state index is 0.121. The molecular formula is C16H22N4O. The van der Waals surface area contributed by atoms with Crippen LogP contribution in [0.3, 0.4) is 0 Å². The normalized spacial score (nSPS) is 10.7. The largest absolute Gasteiger partial charge is 0.489 e. The second kappa shape index (κ2) is 7.02. The Hall–Kier alpha value is -2.17. The van der Waals surface area contributed by atoms with Crippen molar-refractivity contribution in [1.29, 1.82) is 0 Å². The Kier molecular flexibility index (Phi) is 5.09. The third-order valence-corrected chi connectivity index (χ3v) is 3.04. The van der Waals surface area contributed by atoms with E-state index in [2.05, 4.69) is 27.2 Å². The first-order chi connectivity index (χ1) is 10.2. The van der Waals surface area contributed by atoms with Crippen LogP contribution in [0.25, 0.3) is 11.3 Å². The second-order valence-electron chi connectivity index (χ2n) is 5.13. The van der Waals surface area contributed by atoms with Crippen LogP contribution in [-0.2, 0) is 6.42 Å². The van der Waals surface area contributed by atoms with Gasteiger partial charge in [0, 0.05) is 24.4 Å². The van der Waals surface area contributed by atoms with Gasteiger partial charge in [0.1, 0.15) is 17.9 Å². The first kappa shape index (κ1) is 15.2. The number of pyridine rings is 1. The maximum absolute atomic E-state index is 5.71. The van der Waals surface area contributed by atoms with Gasteiger partial charge in [-0.1, -0.05) is 13.3 Å². The molecule has 5 nitrogen and oxygen atoms in total.